The molecule has 0 amide bonds. The Morgan fingerprint density at radius 2 is 1.84 bits per heavy atom. The van der Waals surface area contributed by atoms with Crippen molar-refractivity contribution in [2.45, 2.75) is 26.5 Å². The average Bonchev–Trinajstić information content (AvgIpc) is 3.17. The van der Waals surface area contributed by atoms with Crippen LogP contribution in [0.4, 0.5) is 5.95 Å². The normalized spacial score (nSPS) is 15.3. The Morgan fingerprint density at radius 1 is 1.12 bits per heavy atom. The van der Waals surface area contributed by atoms with Gasteiger partial charge in [0.15, 0.2) is 11.2 Å². The zero-order valence-electron chi connectivity index (χ0n) is 19.0. The maximum atomic E-state index is 13.0. The van der Waals surface area contributed by atoms with E-state index in [0.717, 1.165) is 23.2 Å². The van der Waals surface area contributed by atoms with Gasteiger partial charge in [-0.2, -0.15) is 4.98 Å². The molecule has 0 radical (unpaired) electrons. The largest absolute Gasteiger partial charge is 0.491 e. The number of imidazole rings is 1. The summed E-state index contributed by atoms with van der Waals surface area (Å²) in [6.07, 6.45) is -0.877. The molecule has 172 valence electrons. The van der Waals surface area contributed by atoms with Crippen LogP contribution in [0.2, 0.25) is 0 Å². The zero-order valence-corrected chi connectivity index (χ0v) is 19.0. The minimum atomic E-state index is -0.877. The van der Waals surface area contributed by atoms with Crippen LogP contribution in [0.5, 0.6) is 5.75 Å². The van der Waals surface area contributed by atoms with Crippen molar-refractivity contribution in [2.24, 2.45) is 14.1 Å². The molecule has 0 aliphatic carbocycles. The van der Waals surface area contributed by atoms with E-state index in [1.165, 1.54) is 17.2 Å². The van der Waals surface area contributed by atoms with Crippen molar-refractivity contribution in [2.75, 3.05) is 37.7 Å². The lowest BCUT2D eigenvalue weighted by Gasteiger charge is -2.29. The Bertz CT molecular complexity index is 1250. The molecule has 2 N–H and O–H groups in total. The number of anilines is 1. The van der Waals surface area contributed by atoms with E-state index in [1.54, 1.807) is 11.6 Å². The van der Waals surface area contributed by atoms with Crippen LogP contribution in [-0.4, -0.2) is 62.7 Å². The van der Waals surface area contributed by atoms with Crippen molar-refractivity contribution < 1.29 is 9.84 Å². The molecule has 1 atom stereocenters. The Kier molecular flexibility index (Phi) is 6.07. The quantitative estimate of drug-likeness (QED) is 0.549. The van der Waals surface area contributed by atoms with Crippen molar-refractivity contribution in [3.8, 4) is 5.75 Å². The number of nitrogens with one attached hydrogen (secondary N) is 1. The van der Waals surface area contributed by atoms with Gasteiger partial charge in [-0.1, -0.05) is 6.07 Å². The van der Waals surface area contributed by atoms with Gasteiger partial charge in [-0.25, -0.2) is 4.79 Å². The van der Waals surface area contributed by atoms with E-state index in [9.17, 15) is 14.7 Å². The van der Waals surface area contributed by atoms with Gasteiger partial charge in [0.1, 0.15) is 18.5 Å². The molecule has 1 fully saturated rings. The number of aryl methyl sites for hydroxylation is 3. The minimum Gasteiger partial charge on any atom is -0.491 e. The van der Waals surface area contributed by atoms with Crippen LogP contribution in [-0.2, 0) is 20.6 Å². The molecule has 3 aromatic rings. The second-order valence-corrected chi connectivity index (χ2v) is 8.35. The van der Waals surface area contributed by atoms with Crippen LogP contribution in [0.25, 0.3) is 11.2 Å². The summed E-state index contributed by atoms with van der Waals surface area (Å²) < 4.78 is 9.96. The lowest BCUT2D eigenvalue weighted by molar-refractivity contribution is 0.0935. The number of benzene rings is 1. The van der Waals surface area contributed by atoms with Crippen molar-refractivity contribution in [3.05, 3.63) is 50.2 Å². The molecule has 32 heavy (non-hydrogen) atoms. The van der Waals surface area contributed by atoms with Gasteiger partial charge >= 0.3 is 5.69 Å². The van der Waals surface area contributed by atoms with Crippen LogP contribution in [0.1, 0.15) is 11.1 Å². The lowest BCUT2D eigenvalue weighted by Crippen LogP contribution is -2.45. The number of hydrogen-bond acceptors (Lipinski definition) is 7. The van der Waals surface area contributed by atoms with Crippen LogP contribution in [0, 0.1) is 13.8 Å². The summed E-state index contributed by atoms with van der Waals surface area (Å²) in [5.74, 6) is 1.26. The Hall–Kier alpha value is -3.11. The minimum absolute atomic E-state index is 0.0647. The molecular formula is C22H30N6O4. The van der Waals surface area contributed by atoms with Crippen LogP contribution >= 0.6 is 0 Å². The molecule has 10 heteroatoms. The number of aromatic nitrogens is 4. The highest BCUT2D eigenvalue weighted by Gasteiger charge is 2.25. The van der Waals surface area contributed by atoms with Gasteiger partial charge < -0.3 is 24.6 Å². The molecule has 1 saturated heterocycles. The van der Waals surface area contributed by atoms with Gasteiger partial charge in [-0.05, 0) is 37.1 Å². The first kappa shape index (κ1) is 22.1. The summed E-state index contributed by atoms with van der Waals surface area (Å²) in [6.45, 7) is 7.24. The Morgan fingerprint density at radius 3 is 2.53 bits per heavy atom. The molecule has 4 rings (SSSR count). The number of fused-ring (bicyclic) bond motifs is 1. The van der Waals surface area contributed by atoms with E-state index in [0.29, 0.717) is 36.0 Å². The topological polar surface area (TPSA) is 107 Å². The summed E-state index contributed by atoms with van der Waals surface area (Å²) in [4.78, 5) is 32.1. The Labute approximate surface area is 185 Å². The lowest BCUT2D eigenvalue weighted by atomic mass is 10.1. The van der Waals surface area contributed by atoms with E-state index in [4.69, 9.17) is 4.74 Å². The van der Waals surface area contributed by atoms with Crippen LogP contribution in [0.15, 0.2) is 27.8 Å². The van der Waals surface area contributed by atoms with Gasteiger partial charge in [0.05, 0.1) is 6.54 Å². The average molecular weight is 443 g/mol. The van der Waals surface area contributed by atoms with Crippen molar-refractivity contribution in [3.63, 3.8) is 0 Å². The van der Waals surface area contributed by atoms with Gasteiger partial charge in [0, 0.05) is 40.3 Å². The molecule has 10 nitrogen and oxygen atoms in total. The number of aliphatic hydroxyl groups is 1. The van der Waals surface area contributed by atoms with E-state index in [-0.39, 0.29) is 13.2 Å². The number of nitrogens with zero attached hydrogens (tertiary/aromatic N) is 5. The van der Waals surface area contributed by atoms with Crippen LogP contribution in [0.3, 0.4) is 0 Å². The fourth-order valence-electron chi connectivity index (χ4n) is 3.97. The molecule has 0 saturated carbocycles. The standard InChI is InChI=1S/C22H30N6O4/c1-14-5-6-17(11-15(14)2)32-13-16(29)12-28-18-19(25(3)22(31)26(4)20(18)30)24-21(28)27-9-7-23-8-10-27/h5-6,11,16,23,29H,7-10,12-13H2,1-4H3/t16-/m0/s1. The molecule has 0 unspecified atom stereocenters. The summed E-state index contributed by atoms with van der Waals surface area (Å²) in [7, 11) is 3.05. The number of piperazine rings is 1. The van der Waals surface area contributed by atoms with Gasteiger partial charge in [0.25, 0.3) is 5.56 Å². The third-order valence-corrected chi connectivity index (χ3v) is 6.04. The smallest absolute Gasteiger partial charge is 0.332 e. The summed E-state index contributed by atoms with van der Waals surface area (Å²) in [5, 5.41) is 14.1. The van der Waals surface area contributed by atoms with Crippen LogP contribution < -0.4 is 26.2 Å². The Balaban J connectivity index is 1.68. The molecule has 0 spiro atoms. The summed E-state index contributed by atoms with van der Waals surface area (Å²) >= 11 is 0. The third kappa shape index (κ3) is 4.03. The summed E-state index contributed by atoms with van der Waals surface area (Å²) in [5.41, 5.74) is 2.03. The number of rotatable bonds is 6. The van der Waals surface area contributed by atoms with E-state index in [1.807, 2.05) is 32.0 Å². The highest BCUT2D eigenvalue weighted by molar-refractivity contribution is 5.74. The highest BCUT2D eigenvalue weighted by Crippen LogP contribution is 2.21. The first-order chi connectivity index (χ1) is 15.3. The van der Waals surface area contributed by atoms with E-state index in [2.05, 4.69) is 15.2 Å². The molecule has 0 bridgehead atoms. The predicted octanol–water partition coefficient (Wildman–Crippen LogP) is -0.1000. The van der Waals surface area contributed by atoms with E-state index < -0.39 is 17.4 Å². The van der Waals surface area contributed by atoms with Gasteiger partial charge in [-0.3, -0.25) is 13.9 Å². The molecule has 1 aromatic carbocycles. The number of aliphatic hydroxyl groups excluding tert-OH is 1. The highest BCUT2D eigenvalue weighted by atomic mass is 16.5. The number of ether oxygens (including phenoxy) is 1. The predicted molar refractivity (Wildman–Crippen MR) is 123 cm³/mol. The second kappa shape index (κ2) is 8.79. The molecule has 2 aromatic heterocycles. The SMILES string of the molecule is Cc1ccc(OC[C@@H](O)Cn2c(N3CCNCC3)nc3c2c(=O)n(C)c(=O)n3C)cc1C. The van der Waals surface area contributed by atoms with Gasteiger partial charge in [0.2, 0.25) is 5.95 Å². The fraction of sp³-hybridized carbons (Fsp3) is 0.500. The molecule has 1 aliphatic heterocycles. The molecule has 3 heterocycles. The van der Waals surface area contributed by atoms with Crippen molar-refractivity contribution in [1.82, 2.24) is 24.0 Å². The summed E-state index contributed by atoms with van der Waals surface area (Å²) in [6, 6.07) is 5.79. The zero-order chi connectivity index (χ0) is 23.0. The van der Waals surface area contributed by atoms with E-state index >= 15 is 0 Å². The second-order valence-electron chi connectivity index (χ2n) is 8.35. The molecular weight excluding hydrogens is 412 g/mol. The van der Waals surface area contributed by atoms with Crippen molar-refractivity contribution in [1.29, 1.82) is 0 Å². The number of hydrogen-bond donors (Lipinski definition) is 2. The maximum Gasteiger partial charge on any atom is 0.332 e. The first-order valence-electron chi connectivity index (χ1n) is 10.8. The third-order valence-electron chi connectivity index (χ3n) is 6.04. The maximum absolute atomic E-state index is 13.0. The fourth-order valence-corrected chi connectivity index (χ4v) is 3.97. The first-order valence-corrected chi connectivity index (χ1v) is 10.8. The molecule has 1 aliphatic rings. The van der Waals surface area contributed by atoms with Crippen molar-refractivity contribution >= 4 is 17.1 Å². The monoisotopic (exact) mass is 442 g/mol. The van der Waals surface area contributed by atoms with Gasteiger partial charge in [-0.15, -0.1) is 0 Å².